The van der Waals surface area contributed by atoms with Gasteiger partial charge in [-0.3, -0.25) is 9.80 Å². The third kappa shape index (κ3) is 4.13. The quantitative estimate of drug-likeness (QED) is 0.609. The first-order valence-corrected chi connectivity index (χ1v) is 9.41. The molecular weight excluding hydrogens is 384 g/mol. The molecule has 0 amide bonds. The van der Waals surface area contributed by atoms with Gasteiger partial charge in [0.1, 0.15) is 5.82 Å². The van der Waals surface area contributed by atoms with Crippen LogP contribution in [0.15, 0.2) is 42.7 Å². The summed E-state index contributed by atoms with van der Waals surface area (Å²) in [5, 5.41) is 0. The second-order valence-electron chi connectivity index (χ2n) is 7.68. The van der Waals surface area contributed by atoms with E-state index in [2.05, 4.69) is 20.9 Å². The Morgan fingerprint density at radius 3 is 2.62 bits per heavy atom. The average Bonchev–Trinajstić information content (AvgIpc) is 3.02. The molecule has 2 aromatic carbocycles. The Morgan fingerprint density at radius 2 is 1.86 bits per heavy atom. The van der Waals surface area contributed by atoms with Crippen molar-refractivity contribution in [3.8, 4) is 0 Å². The van der Waals surface area contributed by atoms with E-state index in [0.29, 0.717) is 24.7 Å². The molecule has 0 radical (unpaired) electrons. The highest BCUT2D eigenvalue weighted by molar-refractivity contribution is 5.76. The Hall–Kier alpha value is -2.45. The predicted octanol–water partition coefficient (Wildman–Crippen LogP) is 4.22. The number of piperazine rings is 1. The fraction of sp³-hybridized carbons (Fsp3) is 0.381. The van der Waals surface area contributed by atoms with Gasteiger partial charge in [0.2, 0.25) is 0 Å². The second-order valence-corrected chi connectivity index (χ2v) is 7.68. The number of rotatable bonds is 3. The molecular formula is C21H22F4N4. The van der Waals surface area contributed by atoms with Crippen molar-refractivity contribution in [3.63, 3.8) is 0 Å². The summed E-state index contributed by atoms with van der Waals surface area (Å²) in [6.45, 7) is 2.41. The Balaban J connectivity index is 1.56. The lowest BCUT2D eigenvalue weighted by Crippen LogP contribution is -2.46. The molecule has 0 saturated carbocycles. The van der Waals surface area contributed by atoms with Crippen molar-refractivity contribution in [1.82, 2.24) is 19.4 Å². The molecule has 154 valence electrons. The number of hydrogen-bond donors (Lipinski definition) is 0. The summed E-state index contributed by atoms with van der Waals surface area (Å²) in [4.78, 5) is 8.66. The fourth-order valence-electron chi connectivity index (χ4n) is 3.95. The topological polar surface area (TPSA) is 24.3 Å². The van der Waals surface area contributed by atoms with Gasteiger partial charge in [-0.25, -0.2) is 9.37 Å². The lowest BCUT2D eigenvalue weighted by atomic mass is 10.0. The fourth-order valence-corrected chi connectivity index (χ4v) is 3.95. The summed E-state index contributed by atoms with van der Waals surface area (Å²) in [7, 11) is 3.98. The predicted molar refractivity (Wildman–Crippen MR) is 103 cm³/mol. The van der Waals surface area contributed by atoms with E-state index in [0.717, 1.165) is 29.2 Å². The summed E-state index contributed by atoms with van der Waals surface area (Å²) < 4.78 is 54.7. The molecule has 4 nitrogen and oxygen atoms in total. The van der Waals surface area contributed by atoms with Crippen LogP contribution in [0, 0.1) is 5.82 Å². The van der Waals surface area contributed by atoms with Crippen LogP contribution in [-0.4, -0.2) is 46.0 Å². The van der Waals surface area contributed by atoms with Crippen LogP contribution in [0.1, 0.15) is 22.7 Å². The number of aryl methyl sites for hydroxylation is 1. The summed E-state index contributed by atoms with van der Waals surface area (Å²) in [5.41, 5.74) is 2.48. The van der Waals surface area contributed by atoms with Crippen LogP contribution >= 0.6 is 0 Å². The molecule has 29 heavy (non-hydrogen) atoms. The Kier molecular flexibility index (Phi) is 5.08. The Bertz CT molecular complexity index is 1030. The molecule has 2 heterocycles. The molecule has 1 aromatic heterocycles. The van der Waals surface area contributed by atoms with Crippen LogP contribution in [0.3, 0.4) is 0 Å². The van der Waals surface area contributed by atoms with Gasteiger partial charge in [-0.2, -0.15) is 13.2 Å². The Morgan fingerprint density at radius 1 is 1.07 bits per heavy atom. The molecule has 0 bridgehead atoms. The van der Waals surface area contributed by atoms with E-state index in [-0.39, 0.29) is 12.6 Å². The van der Waals surface area contributed by atoms with Gasteiger partial charge in [-0.15, -0.1) is 0 Å². The van der Waals surface area contributed by atoms with Crippen molar-refractivity contribution < 1.29 is 17.6 Å². The first-order chi connectivity index (χ1) is 13.7. The van der Waals surface area contributed by atoms with Gasteiger partial charge in [0, 0.05) is 39.3 Å². The van der Waals surface area contributed by atoms with Gasteiger partial charge in [-0.05, 0) is 48.5 Å². The number of benzene rings is 2. The SMILES string of the molecule is CN1CCN(Cc2cc(F)cc(C(F)(F)F)c2)CC1c1ccc2ncn(C)c2c1. The van der Waals surface area contributed by atoms with Crippen LogP contribution in [-0.2, 0) is 19.8 Å². The highest BCUT2D eigenvalue weighted by Crippen LogP contribution is 2.32. The maximum atomic E-state index is 13.7. The maximum absolute atomic E-state index is 13.7. The number of fused-ring (bicyclic) bond motifs is 1. The zero-order valence-electron chi connectivity index (χ0n) is 16.2. The van der Waals surface area contributed by atoms with E-state index in [4.69, 9.17) is 0 Å². The van der Waals surface area contributed by atoms with E-state index in [1.54, 1.807) is 6.33 Å². The zero-order valence-corrected chi connectivity index (χ0v) is 16.2. The van der Waals surface area contributed by atoms with Crippen LogP contribution in [0.25, 0.3) is 11.0 Å². The first-order valence-electron chi connectivity index (χ1n) is 9.41. The van der Waals surface area contributed by atoms with Crippen molar-refractivity contribution >= 4 is 11.0 Å². The van der Waals surface area contributed by atoms with E-state index in [1.807, 2.05) is 30.8 Å². The van der Waals surface area contributed by atoms with Gasteiger partial charge in [0.15, 0.2) is 0 Å². The number of imidazole rings is 1. The van der Waals surface area contributed by atoms with Gasteiger partial charge in [0.05, 0.1) is 22.9 Å². The zero-order chi connectivity index (χ0) is 20.8. The minimum atomic E-state index is -4.56. The number of nitrogens with zero attached hydrogens (tertiary/aromatic N) is 4. The standard InChI is InChI=1S/C21H22F4N4/c1-27-5-6-29(11-14-7-16(21(23,24)25)10-17(22)8-14)12-20(27)15-3-4-18-19(9-15)28(2)13-26-18/h3-4,7-10,13,20H,5-6,11-12H2,1-2H3. The number of halogens is 4. The second kappa shape index (κ2) is 7.42. The molecule has 1 saturated heterocycles. The van der Waals surface area contributed by atoms with Crippen LogP contribution in [0.2, 0.25) is 0 Å². The monoisotopic (exact) mass is 406 g/mol. The number of likely N-dealkylation sites (N-methyl/N-ethyl adjacent to an activating group) is 1. The minimum absolute atomic E-state index is 0.0960. The smallest absolute Gasteiger partial charge is 0.334 e. The third-order valence-corrected chi connectivity index (χ3v) is 5.56. The van der Waals surface area contributed by atoms with E-state index in [1.165, 1.54) is 6.07 Å². The molecule has 1 aliphatic heterocycles. The van der Waals surface area contributed by atoms with Crippen molar-refractivity contribution in [3.05, 3.63) is 65.2 Å². The molecule has 8 heteroatoms. The summed E-state index contributed by atoms with van der Waals surface area (Å²) in [6.07, 6.45) is -2.78. The van der Waals surface area contributed by atoms with Crippen molar-refractivity contribution in [2.24, 2.45) is 7.05 Å². The van der Waals surface area contributed by atoms with Gasteiger partial charge in [-0.1, -0.05) is 6.07 Å². The molecule has 1 atom stereocenters. The number of alkyl halides is 3. The van der Waals surface area contributed by atoms with E-state index in [9.17, 15) is 17.6 Å². The van der Waals surface area contributed by atoms with Gasteiger partial charge >= 0.3 is 6.18 Å². The molecule has 1 aliphatic rings. The van der Waals surface area contributed by atoms with Gasteiger partial charge in [0.25, 0.3) is 0 Å². The van der Waals surface area contributed by atoms with Crippen LogP contribution in [0.5, 0.6) is 0 Å². The summed E-state index contributed by atoms with van der Waals surface area (Å²) in [5.74, 6) is -0.859. The van der Waals surface area contributed by atoms with Crippen molar-refractivity contribution in [2.45, 2.75) is 18.8 Å². The number of aromatic nitrogens is 2. The lowest BCUT2D eigenvalue weighted by molar-refractivity contribution is -0.137. The molecule has 4 rings (SSSR count). The molecule has 1 unspecified atom stereocenters. The molecule has 0 spiro atoms. The van der Waals surface area contributed by atoms with E-state index >= 15 is 0 Å². The maximum Gasteiger partial charge on any atom is 0.416 e. The molecule has 0 aliphatic carbocycles. The highest BCUT2D eigenvalue weighted by atomic mass is 19.4. The normalized spacial score (nSPS) is 19.2. The van der Waals surface area contributed by atoms with Gasteiger partial charge < -0.3 is 4.57 Å². The molecule has 1 fully saturated rings. The van der Waals surface area contributed by atoms with E-state index < -0.39 is 17.6 Å². The average molecular weight is 406 g/mol. The number of hydrogen-bond acceptors (Lipinski definition) is 3. The highest BCUT2D eigenvalue weighted by Gasteiger charge is 2.32. The van der Waals surface area contributed by atoms with Crippen molar-refractivity contribution in [2.75, 3.05) is 26.7 Å². The lowest BCUT2D eigenvalue weighted by Gasteiger charge is -2.40. The molecule has 0 N–H and O–H groups in total. The summed E-state index contributed by atoms with van der Waals surface area (Å²) >= 11 is 0. The van der Waals surface area contributed by atoms with Crippen LogP contribution in [0.4, 0.5) is 17.6 Å². The summed E-state index contributed by atoms with van der Waals surface area (Å²) in [6, 6.07) is 9.00. The Labute approximate surface area is 166 Å². The third-order valence-electron chi connectivity index (χ3n) is 5.56. The first kappa shape index (κ1) is 19.8. The van der Waals surface area contributed by atoms with Crippen LogP contribution < -0.4 is 0 Å². The largest absolute Gasteiger partial charge is 0.416 e. The minimum Gasteiger partial charge on any atom is -0.334 e. The van der Waals surface area contributed by atoms with Crippen molar-refractivity contribution in [1.29, 1.82) is 0 Å². The molecule has 3 aromatic rings.